The molecule has 1 amide bonds. The summed E-state index contributed by atoms with van der Waals surface area (Å²) in [5.74, 6) is -1.03. The van der Waals surface area contributed by atoms with Crippen LogP contribution in [0.1, 0.15) is 66.2 Å². The fourth-order valence-electron chi connectivity index (χ4n) is 3.07. The molecule has 22 heavy (non-hydrogen) atoms. The molecule has 126 valence electrons. The van der Waals surface area contributed by atoms with Gasteiger partial charge >= 0.3 is 12.1 Å². The number of hydrogen-bond donors (Lipinski definition) is 2. The molecular weight excluding hydrogens is 282 g/mol. The van der Waals surface area contributed by atoms with Crippen molar-refractivity contribution < 1.29 is 19.4 Å². The Labute approximate surface area is 133 Å². The molecule has 0 bridgehead atoms. The second-order valence-corrected chi connectivity index (χ2v) is 7.34. The number of rotatable bonds is 6. The minimum absolute atomic E-state index is 0.0311. The molecule has 1 unspecified atom stereocenters. The van der Waals surface area contributed by atoms with E-state index in [1.165, 1.54) is 0 Å². The summed E-state index contributed by atoms with van der Waals surface area (Å²) >= 11 is 0. The van der Waals surface area contributed by atoms with E-state index in [1.54, 1.807) is 20.8 Å². The first-order valence-corrected chi connectivity index (χ1v) is 7.94. The standard InChI is InChI=1S/C17H29NO4/c1-12(2)17(9-6-7-10-17)11-8-13(14(19)20)18-15(21)22-16(3,4)5/h13H,1,6-11H2,2-5H3,(H,18,21)(H,19,20). The maximum atomic E-state index is 11.8. The van der Waals surface area contributed by atoms with Crippen LogP contribution < -0.4 is 5.32 Å². The highest BCUT2D eigenvalue weighted by atomic mass is 16.6. The molecule has 1 rings (SSSR count). The van der Waals surface area contributed by atoms with Gasteiger partial charge in [0, 0.05) is 0 Å². The number of carbonyl (C=O) groups excluding carboxylic acids is 1. The minimum Gasteiger partial charge on any atom is -0.480 e. The van der Waals surface area contributed by atoms with Crippen molar-refractivity contribution in [3.63, 3.8) is 0 Å². The van der Waals surface area contributed by atoms with Crippen molar-refractivity contribution in [1.29, 1.82) is 0 Å². The van der Waals surface area contributed by atoms with Crippen LogP contribution in [0.5, 0.6) is 0 Å². The smallest absolute Gasteiger partial charge is 0.408 e. The van der Waals surface area contributed by atoms with E-state index in [9.17, 15) is 14.7 Å². The van der Waals surface area contributed by atoms with E-state index in [-0.39, 0.29) is 5.41 Å². The highest BCUT2D eigenvalue weighted by Gasteiger charge is 2.36. The Hall–Kier alpha value is -1.52. The molecule has 0 heterocycles. The Morgan fingerprint density at radius 3 is 2.27 bits per heavy atom. The van der Waals surface area contributed by atoms with Gasteiger partial charge in [-0.05, 0) is 58.8 Å². The van der Waals surface area contributed by atoms with E-state index in [0.29, 0.717) is 6.42 Å². The molecule has 1 atom stereocenters. The van der Waals surface area contributed by atoms with E-state index in [4.69, 9.17) is 4.74 Å². The second-order valence-electron chi connectivity index (χ2n) is 7.34. The third kappa shape index (κ3) is 5.35. The van der Waals surface area contributed by atoms with Gasteiger partial charge in [0.1, 0.15) is 11.6 Å². The van der Waals surface area contributed by atoms with Gasteiger partial charge in [-0.2, -0.15) is 0 Å². The molecule has 0 aromatic rings. The van der Waals surface area contributed by atoms with Crippen LogP contribution in [0, 0.1) is 5.41 Å². The Bertz CT molecular complexity index is 430. The Balaban J connectivity index is 2.63. The molecule has 0 spiro atoms. The van der Waals surface area contributed by atoms with E-state index >= 15 is 0 Å². The average Bonchev–Trinajstić information content (AvgIpc) is 2.81. The number of carboxylic acid groups (broad SMARTS) is 1. The molecule has 1 fully saturated rings. The van der Waals surface area contributed by atoms with Crippen molar-refractivity contribution in [1.82, 2.24) is 5.32 Å². The molecular formula is C17H29NO4. The quantitative estimate of drug-likeness (QED) is 0.730. The van der Waals surface area contributed by atoms with Gasteiger partial charge in [-0.25, -0.2) is 9.59 Å². The van der Waals surface area contributed by atoms with Gasteiger partial charge in [-0.3, -0.25) is 0 Å². The third-order valence-corrected chi connectivity index (χ3v) is 4.37. The fraction of sp³-hybridized carbons (Fsp3) is 0.765. The summed E-state index contributed by atoms with van der Waals surface area (Å²) in [6.45, 7) is 11.3. The van der Waals surface area contributed by atoms with Gasteiger partial charge in [-0.1, -0.05) is 25.0 Å². The number of carbonyl (C=O) groups is 2. The largest absolute Gasteiger partial charge is 0.480 e. The molecule has 5 heteroatoms. The minimum atomic E-state index is -1.03. The third-order valence-electron chi connectivity index (χ3n) is 4.37. The molecule has 5 nitrogen and oxygen atoms in total. The van der Waals surface area contributed by atoms with Crippen LogP contribution in [0.3, 0.4) is 0 Å². The van der Waals surface area contributed by atoms with Crippen molar-refractivity contribution >= 4 is 12.1 Å². The number of nitrogens with one attached hydrogen (secondary N) is 1. The number of hydrogen-bond acceptors (Lipinski definition) is 3. The lowest BCUT2D eigenvalue weighted by Gasteiger charge is -2.31. The summed E-state index contributed by atoms with van der Waals surface area (Å²) in [6.07, 6.45) is 4.86. The van der Waals surface area contributed by atoms with Crippen LogP contribution >= 0.6 is 0 Å². The molecule has 1 aliphatic carbocycles. The van der Waals surface area contributed by atoms with E-state index < -0.39 is 23.7 Å². The van der Waals surface area contributed by atoms with Gasteiger partial charge in [-0.15, -0.1) is 0 Å². The second kappa shape index (κ2) is 7.16. The molecule has 0 aromatic heterocycles. The highest BCUT2D eigenvalue weighted by molar-refractivity contribution is 5.79. The maximum absolute atomic E-state index is 11.8. The van der Waals surface area contributed by atoms with Crippen LogP contribution in [0.25, 0.3) is 0 Å². The number of alkyl carbamates (subject to hydrolysis) is 1. The summed E-state index contributed by atoms with van der Waals surface area (Å²) in [5.41, 5.74) is 0.507. The summed E-state index contributed by atoms with van der Waals surface area (Å²) in [7, 11) is 0. The highest BCUT2D eigenvalue weighted by Crippen LogP contribution is 2.47. The zero-order valence-electron chi connectivity index (χ0n) is 14.2. The summed E-state index contributed by atoms with van der Waals surface area (Å²) in [6, 6.07) is -0.924. The lowest BCUT2D eigenvalue weighted by Crippen LogP contribution is -2.44. The topological polar surface area (TPSA) is 75.6 Å². The molecule has 1 aliphatic rings. The van der Waals surface area contributed by atoms with Crippen LogP contribution in [0.2, 0.25) is 0 Å². The van der Waals surface area contributed by atoms with Crippen molar-refractivity contribution in [3.05, 3.63) is 12.2 Å². The number of amides is 1. The molecule has 0 aliphatic heterocycles. The summed E-state index contributed by atoms with van der Waals surface area (Å²) < 4.78 is 5.13. The molecule has 1 saturated carbocycles. The van der Waals surface area contributed by atoms with Gasteiger partial charge in [0.05, 0.1) is 0 Å². The first-order valence-electron chi connectivity index (χ1n) is 7.94. The van der Waals surface area contributed by atoms with Crippen LogP contribution in [-0.2, 0) is 9.53 Å². The molecule has 0 saturated heterocycles. The van der Waals surface area contributed by atoms with E-state index in [2.05, 4.69) is 11.9 Å². The molecule has 0 radical (unpaired) electrons. The molecule has 2 N–H and O–H groups in total. The lowest BCUT2D eigenvalue weighted by atomic mass is 9.75. The Morgan fingerprint density at radius 1 is 1.32 bits per heavy atom. The lowest BCUT2D eigenvalue weighted by molar-refractivity contribution is -0.139. The van der Waals surface area contributed by atoms with Crippen LogP contribution in [-0.4, -0.2) is 28.8 Å². The monoisotopic (exact) mass is 311 g/mol. The zero-order valence-corrected chi connectivity index (χ0v) is 14.2. The van der Waals surface area contributed by atoms with Gasteiger partial charge in [0.2, 0.25) is 0 Å². The number of aliphatic carboxylic acids is 1. The zero-order chi connectivity index (χ0) is 17.0. The van der Waals surface area contributed by atoms with Crippen molar-refractivity contribution in [2.45, 2.75) is 77.9 Å². The Morgan fingerprint density at radius 2 is 1.86 bits per heavy atom. The number of carboxylic acids is 1. The number of allylic oxidation sites excluding steroid dienone is 1. The van der Waals surface area contributed by atoms with E-state index in [1.807, 2.05) is 6.92 Å². The average molecular weight is 311 g/mol. The number of ether oxygens (including phenoxy) is 1. The maximum Gasteiger partial charge on any atom is 0.408 e. The predicted molar refractivity (Wildman–Crippen MR) is 85.7 cm³/mol. The fourth-order valence-corrected chi connectivity index (χ4v) is 3.07. The Kier molecular flexibility index (Phi) is 6.03. The molecule has 0 aromatic carbocycles. The first-order chi connectivity index (χ1) is 10.1. The van der Waals surface area contributed by atoms with Crippen molar-refractivity contribution in [2.24, 2.45) is 5.41 Å². The van der Waals surface area contributed by atoms with Crippen molar-refractivity contribution in [2.75, 3.05) is 0 Å². The SMILES string of the molecule is C=C(C)C1(CCC(NC(=O)OC(C)(C)C)C(=O)O)CCCC1. The van der Waals surface area contributed by atoms with Gasteiger partial charge in [0.25, 0.3) is 0 Å². The van der Waals surface area contributed by atoms with Crippen LogP contribution in [0.4, 0.5) is 4.79 Å². The summed E-state index contributed by atoms with van der Waals surface area (Å²) in [4.78, 5) is 23.2. The predicted octanol–water partition coefficient (Wildman–Crippen LogP) is 3.88. The van der Waals surface area contributed by atoms with Gasteiger partial charge in [0.15, 0.2) is 0 Å². The van der Waals surface area contributed by atoms with Crippen LogP contribution in [0.15, 0.2) is 12.2 Å². The first kappa shape index (κ1) is 18.5. The normalized spacial score (nSPS) is 18.5. The van der Waals surface area contributed by atoms with E-state index in [0.717, 1.165) is 37.7 Å². The van der Waals surface area contributed by atoms with Crippen molar-refractivity contribution in [3.8, 4) is 0 Å². The van der Waals surface area contributed by atoms with Gasteiger partial charge < -0.3 is 15.2 Å². The summed E-state index contributed by atoms with van der Waals surface area (Å²) in [5, 5.41) is 11.8.